The summed E-state index contributed by atoms with van der Waals surface area (Å²) in [5, 5.41) is 0.789. The number of fused-ring (bicyclic) bond motifs is 1. The van der Waals surface area contributed by atoms with Crippen molar-refractivity contribution in [2.24, 2.45) is 0 Å². The van der Waals surface area contributed by atoms with Gasteiger partial charge in [0.25, 0.3) is 5.24 Å². The van der Waals surface area contributed by atoms with Gasteiger partial charge in [-0.3, -0.25) is 9.59 Å². The molecular formula is C10H5ClO2S. The van der Waals surface area contributed by atoms with Crippen LogP contribution in [0.4, 0.5) is 0 Å². The van der Waals surface area contributed by atoms with Gasteiger partial charge >= 0.3 is 0 Å². The highest BCUT2D eigenvalue weighted by Gasteiger charge is 2.06. The number of carbonyl (C=O) groups excluding carboxylic acids is 1. The van der Waals surface area contributed by atoms with Crippen LogP contribution in [0, 0.1) is 0 Å². The molecule has 0 bridgehead atoms. The summed E-state index contributed by atoms with van der Waals surface area (Å²) in [4.78, 5) is 22.7. The number of halogens is 1. The van der Waals surface area contributed by atoms with Crippen LogP contribution in [0.15, 0.2) is 35.1 Å². The zero-order valence-corrected chi connectivity index (χ0v) is 8.56. The zero-order valence-electron chi connectivity index (χ0n) is 6.99. The van der Waals surface area contributed by atoms with E-state index in [1.807, 2.05) is 6.07 Å². The smallest absolute Gasteiger partial charge is 0.262 e. The van der Waals surface area contributed by atoms with Crippen LogP contribution >= 0.6 is 22.9 Å². The quantitative estimate of drug-likeness (QED) is 0.698. The summed E-state index contributed by atoms with van der Waals surface area (Å²) < 4.78 is -0.132. The van der Waals surface area contributed by atoms with E-state index in [9.17, 15) is 9.59 Å². The maximum Gasteiger partial charge on any atom is 0.262 e. The minimum absolute atomic E-state index is 0.132. The summed E-state index contributed by atoms with van der Waals surface area (Å²) in [6, 6.07) is 8.76. The molecule has 1 heterocycles. The molecule has 0 aliphatic carbocycles. The summed E-state index contributed by atoms with van der Waals surface area (Å²) in [7, 11) is 0. The third-order valence-corrected chi connectivity index (χ3v) is 3.11. The van der Waals surface area contributed by atoms with Gasteiger partial charge in [0.2, 0.25) is 4.74 Å². The van der Waals surface area contributed by atoms with Gasteiger partial charge in [0, 0.05) is 5.39 Å². The van der Waals surface area contributed by atoms with Crippen molar-refractivity contribution in [3.8, 4) is 0 Å². The molecule has 70 valence electrons. The van der Waals surface area contributed by atoms with E-state index in [2.05, 4.69) is 0 Å². The molecule has 4 heteroatoms. The lowest BCUT2D eigenvalue weighted by Gasteiger charge is -1.96. The van der Waals surface area contributed by atoms with Crippen molar-refractivity contribution in [3.05, 3.63) is 44.7 Å². The van der Waals surface area contributed by atoms with Crippen LogP contribution in [0.2, 0.25) is 0 Å². The number of hydrogen-bond acceptors (Lipinski definition) is 3. The van der Waals surface area contributed by atoms with E-state index >= 15 is 0 Å². The van der Waals surface area contributed by atoms with Crippen molar-refractivity contribution in [3.63, 3.8) is 0 Å². The molecular weight excluding hydrogens is 220 g/mol. The first-order chi connectivity index (χ1) is 6.68. The number of rotatable bonds is 1. The molecule has 14 heavy (non-hydrogen) atoms. The largest absolute Gasteiger partial charge is 0.277 e. The van der Waals surface area contributed by atoms with Crippen LogP contribution in [-0.4, -0.2) is 5.24 Å². The molecule has 0 amide bonds. The molecule has 0 radical (unpaired) electrons. The normalized spacial score (nSPS) is 10.4. The lowest BCUT2D eigenvalue weighted by molar-refractivity contribution is 0.108. The van der Waals surface area contributed by atoms with Crippen LogP contribution < -0.4 is 4.74 Å². The second-order valence-corrected chi connectivity index (χ2v) is 4.12. The third-order valence-electron chi connectivity index (χ3n) is 1.86. The van der Waals surface area contributed by atoms with Gasteiger partial charge in [-0.15, -0.1) is 0 Å². The third kappa shape index (κ3) is 1.56. The van der Waals surface area contributed by atoms with Crippen molar-refractivity contribution in [1.82, 2.24) is 0 Å². The van der Waals surface area contributed by atoms with E-state index < -0.39 is 5.24 Å². The number of hydrogen-bond donors (Lipinski definition) is 0. The molecule has 2 aromatic rings. The standard InChI is InChI=1S/C10H5ClO2S/c11-9(12)8-5-6-3-1-2-4-7(6)10(13)14-8/h1-5H. The topological polar surface area (TPSA) is 34.1 Å². The molecule has 0 saturated heterocycles. The van der Waals surface area contributed by atoms with Crippen molar-refractivity contribution >= 4 is 39.0 Å². The maximum absolute atomic E-state index is 11.5. The van der Waals surface area contributed by atoms with Gasteiger partial charge in [-0.05, 0) is 29.1 Å². The molecule has 0 N–H and O–H groups in total. The SMILES string of the molecule is O=C(Cl)c1cc2ccccc2c(=O)s1. The van der Waals surface area contributed by atoms with Gasteiger partial charge in [-0.2, -0.15) is 0 Å². The van der Waals surface area contributed by atoms with Crippen LogP contribution in [0.5, 0.6) is 0 Å². The molecule has 0 spiro atoms. The maximum atomic E-state index is 11.5. The number of benzene rings is 1. The molecule has 1 aromatic heterocycles. The van der Waals surface area contributed by atoms with Crippen LogP contribution in [0.25, 0.3) is 10.8 Å². The van der Waals surface area contributed by atoms with Gasteiger partial charge < -0.3 is 0 Å². The Labute approximate surface area is 88.8 Å². The Morgan fingerprint density at radius 2 is 2.00 bits per heavy atom. The first kappa shape index (κ1) is 9.37. The van der Waals surface area contributed by atoms with E-state index in [-0.39, 0.29) is 9.62 Å². The Bertz CT molecular complexity index is 559. The second-order valence-electron chi connectivity index (χ2n) is 2.76. The fourth-order valence-corrected chi connectivity index (χ4v) is 2.16. The minimum atomic E-state index is -0.585. The molecule has 0 aliphatic rings. The summed E-state index contributed by atoms with van der Waals surface area (Å²) in [6.45, 7) is 0. The van der Waals surface area contributed by atoms with Crippen LogP contribution in [0.1, 0.15) is 9.67 Å². The Hall–Kier alpha value is -1.19. The van der Waals surface area contributed by atoms with E-state index in [1.54, 1.807) is 24.3 Å². The van der Waals surface area contributed by atoms with Gasteiger partial charge in [0.1, 0.15) is 0 Å². The molecule has 0 fully saturated rings. The first-order valence-corrected chi connectivity index (χ1v) is 5.10. The summed E-state index contributed by atoms with van der Waals surface area (Å²) in [6.07, 6.45) is 0. The van der Waals surface area contributed by atoms with Crippen molar-refractivity contribution in [2.45, 2.75) is 0 Å². The summed E-state index contributed by atoms with van der Waals surface area (Å²) in [5.41, 5.74) is 0. The summed E-state index contributed by atoms with van der Waals surface area (Å²) in [5.74, 6) is 0. The van der Waals surface area contributed by atoms with E-state index in [0.29, 0.717) is 5.39 Å². The molecule has 0 saturated carbocycles. The average molecular weight is 225 g/mol. The lowest BCUT2D eigenvalue weighted by Crippen LogP contribution is -1.98. The highest BCUT2D eigenvalue weighted by molar-refractivity contribution is 7.13. The van der Waals surface area contributed by atoms with Crippen LogP contribution in [0.3, 0.4) is 0 Å². The van der Waals surface area contributed by atoms with Gasteiger partial charge in [0.15, 0.2) is 0 Å². The van der Waals surface area contributed by atoms with Crippen molar-refractivity contribution < 1.29 is 4.79 Å². The number of carbonyl (C=O) groups is 1. The zero-order chi connectivity index (χ0) is 10.1. The minimum Gasteiger partial charge on any atom is -0.277 e. The fraction of sp³-hybridized carbons (Fsp3) is 0. The van der Waals surface area contributed by atoms with E-state index in [4.69, 9.17) is 11.6 Å². The monoisotopic (exact) mass is 224 g/mol. The molecule has 0 aliphatic heterocycles. The van der Waals surface area contributed by atoms with Gasteiger partial charge in [0.05, 0.1) is 4.88 Å². The molecule has 2 nitrogen and oxygen atoms in total. The lowest BCUT2D eigenvalue weighted by atomic mass is 10.2. The molecule has 0 atom stereocenters. The van der Waals surface area contributed by atoms with Crippen molar-refractivity contribution in [2.75, 3.05) is 0 Å². The van der Waals surface area contributed by atoms with Gasteiger partial charge in [-0.25, -0.2) is 0 Å². The Morgan fingerprint density at radius 1 is 1.29 bits per heavy atom. The predicted octanol–water partition coefficient (Wildman–Crippen LogP) is 2.64. The van der Waals surface area contributed by atoms with Gasteiger partial charge in [-0.1, -0.05) is 29.5 Å². The second kappa shape index (κ2) is 3.52. The van der Waals surface area contributed by atoms with E-state index in [1.165, 1.54) is 0 Å². The Kier molecular flexibility index (Phi) is 2.35. The highest BCUT2D eigenvalue weighted by atomic mass is 35.5. The first-order valence-electron chi connectivity index (χ1n) is 3.91. The fourth-order valence-electron chi connectivity index (χ4n) is 1.23. The summed E-state index contributed by atoms with van der Waals surface area (Å²) >= 11 is 6.19. The Morgan fingerprint density at radius 3 is 2.71 bits per heavy atom. The van der Waals surface area contributed by atoms with E-state index in [0.717, 1.165) is 16.7 Å². The molecule has 0 unspecified atom stereocenters. The molecule has 2 rings (SSSR count). The highest BCUT2D eigenvalue weighted by Crippen LogP contribution is 2.16. The predicted molar refractivity (Wildman–Crippen MR) is 58.3 cm³/mol. The average Bonchev–Trinajstić information content (AvgIpc) is 2.17. The molecule has 1 aromatic carbocycles. The Balaban J connectivity index is 2.86. The van der Waals surface area contributed by atoms with Crippen molar-refractivity contribution in [1.29, 1.82) is 0 Å². The van der Waals surface area contributed by atoms with Crippen LogP contribution in [-0.2, 0) is 0 Å².